The molecule has 11 heavy (non-hydrogen) atoms. The van der Waals surface area contributed by atoms with Crippen molar-refractivity contribution in [2.24, 2.45) is 0 Å². The summed E-state index contributed by atoms with van der Waals surface area (Å²) in [6, 6.07) is 0. The first-order valence-corrected chi connectivity index (χ1v) is 3.79. The first-order valence-electron chi connectivity index (χ1n) is 3.79. The molecule has 0 bridgehead atoms. The molecule has 0 radical (unpaired) electrons. The Morgan fingerprint density at radius 2 is 2.27 bits per heavy atom. The Hall–Kier alpha value is -0.830. The lowest BCUT2D eigenvalue weighted by atomic mass is 10.3. The molecule has 0 aliphatic rings. The second-order valence-electron chi connectivity index (χ2n) is 2.47. The minimum Gasteiger partial charge on any atom is -0.462 e. The molecule has 0 saturated heterocycles. The minimum atomic E-state index is -0.291. The van der Waals surface area contributed by atoms with Gasteiger partial charge in [-0.1, -0.05) is 6.58 Å². The SMILES string of the molecule is C=C(C)C(=O)OCCC[NH2+]C. The largest absolute Gasteiger partial charge is 0.462 e. The monoisotopic (exact) mass is 158 g/mol. The van der Waals surface area contributed by atoms with Gasteiger partial charge in [-0.15, -0.1) is 0 Å². The Morgan fingerprint density at radius 3 is 2.73 bits per heavy atom. The number of rotatable bonds is 5. The van der Waals surface area contributed by atoms with Crippen LogP contribution in [0.1, 0.15) is 13.3 Å². The third-order valence-electron chi connectivity index (χ3n) is 1.22. The van der Waals surface area contributed by atoms with Crippen LogP contribution >= 0.6 is 0 Å². The molecule has 2 N–H and O–H groups in total. The number of carbonyl (C=O) groups is 1. The lowest BCUT2D eigenvalue weighted by Crippen LogP contribution is -2.79. The van der Waals surface area contributed by atoms with Gasteiger partial charge in [-0.3, -0.25) is 0 Å². The molecule has 0 aromatic carbocycles. The molecule has 0 aliphatic carbocycles. The Labute approximate surface area is 67.4 Å². The molecule has 0 fully saturated rings. The van der Waals surface area contributed by atoms with E-state index in [1.165, 1.54) is 0 Å². The van der Waals surface area contributed by atoms with Crippen LogP contribution in [0.3, 0.4) is 0 Å². The van der Waals surface area contributed by atoms with Crippen LogP contribution in [-0.4, -0.2) is 26.2 Å². The Morgan fingerprint density at radius 1 is 1.64 bits per heavy atom. The van der Waals surface area contributed by atoms with E-state index in [1.54, 1.807) is 6.92 Å². The highest BCUT2D eigenvalue weighted by atomic mass is 16.5. The van der Waals surface area contributed by atoms with E-state index in [9.17, 15) is 4.79 Å². The lowest BCUT2D eigenvalue weighted by molar-refractivity contribution is -0.627. The molecule has 0 amide bonds. The van der Waals surface area contributed by atoms with Crippen molar-refractivity contribution < 1.29 is 14.8 Å². The second-order valence-corrected chi connectivity index (χ2v) is 2.47. The summed E-state index contributed by atoms with van der Waals surface area (Å²) < 4.78 is 4.85. The molecule has 0 saturated carbocycles. The van der Waals surface area contributed by atoms with E-state index in [4.69, 9.17) is 4.74 Å². The van der Waals surface area contributed by atoms with Crippen molar-refractivity contribution in [2.75, 3.05) is 20.2 Å². The van der Waals surface area contributed by atoms with Gasteiger partial charge < -0.3 is 10.1 Å². The quantitative estimate of drug-likeness (QED) is 0.339. The van der Waals surface area contributed by atoms with E-state index in [0.29, 0.717) is 12.2 Å². The highest BCUT2D eigenvalue weighted by molar-refractivity contribution is 5.86. The molecular weight excluding hydrogens is 142 g/mol. The number of hydrogen-bond acceptors (Lipinski definition) is 2. The van der Waals surface area contributed by atoms with Crippen molar-refractivity contribution in [2.45, 2.75) is 13.3 Å². The van der Waals surface area contributed by atoms with E-state index in [0.717, 1.165) is 13.0 Å². The van der Waals surface area contributed by atoms with Gasteiger partial charge in [-0.25, -0.2) is 4.79 Å². The maximum Gasteiger partial charge on any atom is 0.333 e. The number of esters is 1. The third kappa shape index (κ3) is 5.61. The van der Waals surface area contributed by atoms with Crippen LogP contribution in [0.2, 0.25) is 0 Å². The number of hydrogen-bond donors (Lipinski definition) is 1. The van der Waals surface area contributed by atoms with Crippen LogP contribution in [0.25, 0.3) is 0 Å². The molecule has 0 aromatic heterocycles. The van der Waals surface area contributed by atoms with Gasteiger partial charge in [0.2, 0.25) is 0 Å². The van der Waals surface area contributed by atoms with Crippen LogP contribution in [0.4, 0.5) is 0 Å². The standard InChI is InChI=1S/C8H15NO2/c1-7(2)8(10)11-6-4-5-9-3/h9H,1,4-6H2,2-3H3/p+1. The summed E-state index contributed by atoms with van der Waals surface area (Å²) >= 11 is 0. The molecule has 0 unspecified atom stereocenters. The first kappa shape index (κ1) is 10.2. The van der Waals surface area contributed by atoms with Crippen molar-refractivity contribution >= 4 is 5.97 Å². The third-order valence-corrected chi connectivity index (χ3v) is 1.22. The molecule has 0 aliphatic heterocycles. The van der Waals surface area contributed by atoms with Crippen molar-refractivity contribution in [3.63, 3.8) is 0 Å². The van der Waals surface area contributed by atoms with Crippen molar-refractivity contribution in [3.05, 3.63) is 12.2 Å². The predicted octanol–water partition coefficient (Wildman–Crippen LogP) is -0.311. The normalized spacial score (nSPS) is 9.27. The molecular formula is C8H16NO2+. The summed E-state index contributed by atoms with van der Waals surface area (Å²) in [4.78, 5) is 10.8. The minimum absolute atomic E-state index is 0.291. The fraction of sp³-hybridized carbons (Fsp3) is 0.625. The summed E-state index contributed by atoms with van der Waals surface area (Å²) in [6.07, 6.45) is 0.898. The lowest BCUT2D eigenvalue weighted by Gasteiger charge is -2.01. The maximum absolute atomic E-state index is 10.8. The van der Waals surface area contributed by atoms with Gasteiger partial charge in [-0.05, 0) is 6.92 Å². The average molecular weight is 158 g/mol. The van der Waals surface area contributed by atoms with Crippen LogP contribution < -0.4 is 5.32 Å². The molecule has 0 rings (SSSR count). The zero-order valence-corrected chi connectivity index (χ0v) is 7.22. The zero-order chi connectivity index (χ0) is 8.69. The Bertz CT molecular complexity index is 143. The molecule has 0 aromatic rings. The fourth-order valence-corrected chi connectivity index (χ4v) is 0.576. The van der Waals surface area contributed by atoms with Gasteiger partial charge in [0.15, 0.2) is 0 Å². The summed E-state index contributed by atoms with van der Waals surface area (Å²) in [6.45, 7) is 6.60. The second kappa shape index (κ2) is 5.92. The van der Waals surface area contributed by atoms with Crippen LogP contribution in [0.15, 0.2) is 12.2 Å². The molecule has 64 valence electrons. The van der Waals surface area contributed by atoms with Crippen LogP contribution in [0, 0.1) is 0 Å². The predicted molar refractivity (Wildman–Crippen MR) is 43.1 cm³/mol. The molecule has 0 atom stereocenters. The first-order chi connectivity index (χ1) is 5.18. The van der Waals surface area contributed by atoms with E-state index < -0.39 is 0 Å². The highest BCUT2D eigenvalue weighted by Gasteiger charge is 2.01. The number of carbonyl (C=O) groups excluding carboxylic acids is 1. The number of ether oxygens (including phenoxy) is 1. The van der Waals surface area contributed by atoms with Gasteiger partial charge in [-0.2, -0.15) is 0 Å². The zero-order valence-electron chi connectivity index (χ0n) is 7.22. The Kier molecular flexibility index (Phi) is 5.47. The molecule has 0 spiro atoms. The van der Waals surface area contributed by atoms with Gasteiger partial charge in [0, 0.05) is 12.0 Å². The summed E-state index contributed by atoms with van der Waals surface area (Å²) in [5, 5.41) is 2.05. The number of quaternary nitrogens is 1. The summed E-state index contributed by atoms with van der Waals surface area (Å²) in [7, 11) is 1.99. The highest BCUT2D eigenvalue weighted by Crippen LogP contribution is 1.91. The molecule has 3 heteroatoms. The van der Waals surface area contributed by atoms with Gasteiger partial charge in [0.1, 0.15) is 0 Å². The molecule has 0 heterocycles. The van der Waals surface area contributed by atoms with Crippen molar-refractivity contribution in [1.29, 1.82) is 0 Å². The van der Waals surface area contributed by atoms with Gasteiger partial charge in [0.25, 0.3) is 0 Å². The number of nitrogens with two attached hydrogens (primary N) is 1. The average Bonchev–Trinajstić information content (AvgIpc) is 1.97. The Balaban J connectivity index is 3.25. The van der Waals surface area contributed by atoms with Crippen LogP contribution in [-0.2, 0) is 9.53 Å². The van der Waals surface area contributed by atoms with Crippen molar-refractivity contribution in [1.82, 2.24) is 0 Å². The smallest absolute Gasteiger partial charge is 0.333 e. The topological polar surface area (TPSA) is 42.9 Å². The fourth-order valence-electron chi connectivity index (χ4n) is 0.576. The van der Waals surface area contributed by atoms with Crippen molar-refractivity contribution in [3.8, 4) is 0 Å². The van der Waals surface area contributed by atoms with E-state index in [1.807, 2.05) is 7.05 Å². The summed E-state index contributed by atoms with van der Waals surface area (Å²) in [5.41, 5.74) is 0.463. The van der Waals surface area contributed by atoms with E-state index in [2.05, 4.69) is 11.9 Å². The maximum atomic E-state index is 10.8. The van der Waals surface area contributed by atoms with E-state index >= 15 is 0 Å². The summed E-state index contributed by atoms with van der Waals surface area (Å²) in [5.74, 6) is -0.291. The van der Waals surface area contributed by atoms with Gasteiger partial charge >= 0.3 is 5.97 Å². The molecule has 3 nitrogen and oxygen atoms in total. The van der Waals surface area contributed by atoms with Gasteiger partial charge in [0.05, 0.1) is 20.2 Å². The van der Waals surface area contributed by atoms with E-state index in [-0.39, 0.29) is 5.97 Å². The van der Waals surface area contributed by atoms with Crippen LogP contribution in [0.5, 0.6) is 0 Å².